The van der Waals surface area contributed by atoms with Crippen LogP contribution in [0.1, 0.15) is 42.7 Å². The molecule has 1 unspecified atom stereocenters. The van der Waals surface area contributed by atoms with Gasteiger partial charge in [0, 0.05) is 23.5 Å². The van der Waals surface area contributed by atoms with E-state index < -0.39 is 0 Å². The number of halogens is 1. The van der Waals surface area contributed by atoms with E-state index in [4.69, 9.17) is 4.52 Å². The number of aromatic nitrogens is 2. The van der Waals surface area contributed by atoms with Crippen LogP contribution in [0.25, 0.3) is 11.4 Å². The highest BCUT2D eigenvalue weighted by Crippen LogP contribution is 2.24. The molecule has 1 heterocycles. The molecule has 0 fully saturated rings. The first kappa shape index (κ1) is 19.3. The number of amides is 1. The lowest BCUT2D eigenvalue weighted by Crippen LogP contribution is -2.29. The van der Waals surface area contributed by atoms with E-state index in [0.29, 0.717) is 18.3 Å². The van der Waals surface area contributed by atoms with Gasteiger partial charge in [0.15, 0.2) is 0 Å². The Kier molecular flexibility index (Phi) is 6.40. The van der Waals surface area contributed by atoms with Crippen molar-refractivity contribution in [3.8, 4) is 11.4 Å². The number of aryl methyl sites for hydroxylation is 1. The molecule has 0 saturated heterocycles. The summed E-state index contributed by atoms with van der Waals surface area (Å²) in [5.41, 5.74) is 2.90. The lowest BCUT2D eigenvalue weighted by molar-refractivity contribution is -0.122. The maximum atomic E-state index is 12.8. The summed E-state index contributed by atoms with van der Waals surface area (Å²) in [6, 6.07) is 15.8. The Morgan fingerprint density at radius 3 is 2.67 bits per heavy atom. The van der Waals surface area contributed by atoms with Gasteiger partial charge in [0.2, 0.25) is 17.6 Å². The minimum atomic E-state index is -0.147. The van der Waals surface area contributed by atoms with E-state index >= 15 is 0 Å². The van der Waals surface area contributed by atoms with Crippen molar-refractivity contribution in [3.63, 3.8) is 0 Å². The van der Waals surface area contributed by atoms with Crippen LogP contribution in [0.5, 0.6) is 0 Å². The van der Waals surface area contributed by atoms with Crippen molar-refractivity contribution < 1.29 is 9.32 Å². The van der Waals surface area contributed by atoms with Crippen molar-refractivity contribution in [1.29, 1.82) is 0 Å². The summed E-state index contributed by atoms with van der Waals surface area (Å²) < 4.78 is 6.05. The summed E-state index contributed by atoms with van der Waals surface area (Å²) in [6.07, 6.45) is 1.76. The van der Waals surface area contributed by atoms with Crippen LogP contribution in [-0.2, 0) is 11.3 Å². The zero-order valence-electron chi connectivity index (χ0n) is 15.4. The molecule has 1 aromatic heterocycles. The van der Waals surface area contributed by atoms with Gasteiger partial charge in [0.1, 0.15) is 0 Å². The second-order valence-corrected chi connectivity index (χ2v) is 7.36. The molecule has 1 amide bonds. The minimum absolute atomic E-state index is 0.0416. The topological polar surface area (TPSA) is 68.0 Å². The molecule has 0 aliphatic carbocycles. The van der Waals surface area contributed by atoms with Crippen LogP contribution in [0.2, 0.25) is 0 Å². The van der Waals surface area contributed by atoms with E-state index in [1.807, 2.05) is 48.5 Å². The maximum Gasteiger partial charge on any atom is 0.227 e. The summed E-state index contributed by atoms with van der Waals surface area (Å²) in [6.45, 7) is 4.31. The Labute approximate surface area is 167 Å². The molecule has 0 radical (unpaired) electrons. The fourth-order valence-corrected chi connectivity index (χ4v) is 3.25. The average Bonchev–Trinajstić information content (AvgIpc) is 3.12. The van der Waals surface area contributed by atoms with Crippen molar-refractivity contribution in [2.75, 3.05) is 0 Å². The smallest absolute Gasteiger partial charge is 0.227 e. The molecule has 2 aromatic carbocycles. The maximum absolute atomic E-state index is 12.8. The molecule has 27 heavy (non-hydrogen) atoms. The molecule has 0 aliphatic rings. The summed E-state index contributed by atoms with van der Waals surface area (Å²) in [4.78, 5) is 17.0. The van der Waals surface area contributed by atoms with Crippen molar-refractivity contribution in [2.45, 2.75) is 39.2 Å². The molecule has 5 nitrogen and oxygen atoms in total. The molecule has 3 aromatic rings. The highest BCUT2D eigenvalue weighted by molar-refractivity contribution is 9.10. The quantitative estimate of drug-likeness (QED) is 0.575. The zero-order chi connectivity index (χ0) is 19.2. The molecule has 1 N–H and O–H groups in total. The number of carbonyl (C=O) groups excluding carboxylic acids is 1. The zero-order valence-corrected chi connectivity index (χ0v) is 17.0. The number of benzene rings is 2. The molecular weight excluding hydrogens is 406 g/mol. The normalized spacial score (nSPS) is 12.0. The molecule has 0 spiro atoms. The number of carbonyl (C=O) groups is 1. The first-order chi connectivity index (χ1) is 13.1. The van der Waals surface area contributed by atoms with Crippen LogP contribution in [0.15, 0.2) is 57.5 Å². The van der Waals surface area contributed by atoms with Gasteiger partial charge < -0.3 is 9.84 Å². The number of nitrogens with zero attached hydrogens (tertiary/aromatic N) is 2. The number of hydrogen-bond donors (Lipinski definition) is 1. The van der Waals surface area contributed by atoms with E-state index in [1.54, 1.807) is 6.92 Å². The SMILES string of the molecule is CCCC(C(=O)NCc1cccc(-c2noc(C)n2)c1)c1ccc(Br)cc1. The molecule has 140 valence electrons. The average molecular weight is 428 g/mol. The van der Waals surface area contributed by atoms with E-state index in [1.165, 1.54) is 0 Å². The predicted octanol–water partition coefficient (Wildman–Crippen LogP) is 5.01. The number of rotatable bonds is 7. The lowest BCUT2D eigenvalue weighted by atomic mass is 9.93. The Bertz CT molecular complexity index is 906. The van der Waals surface area contributed by atoms with Crippen LogP contribution in [0.4, 0.5) is 0 Å². The summed E-state index contributed by atoms with van der Waals surface area (Å²) in [5.74, 6) is 0.978. The first-order valence-electron chi connectivity index (χ1n) is 8.99. The third kappa shape index (κ3) is 5.04. The first-order valence-corrected chi connectivity index (χ1v) is 9.79. The highest BCUT2D eigenvalue weighted by Gasteiger charge is 2.19. The fourth-order valence-electron chi connectivity index (χ4n) is 2.98. The van der Waals surface area contributed by atoms with Crippen LogP contribution in [0, 0.1) is 6.92 Å². The van der Waals surface area contributed by atoms with Gasteiger partial charge in [-0.15, -0.1) is 0 Å². The van der Waals surface area contributed by atoms with Gasteiger partial charge in [-0.2, -0.15) is 4.98 Å². The van der Waals surface area contributed by atoms with E-state index in [-0.39, 0.29) is 11.8 Å². The third-order valence-electron chi connectivity index (χ3n) is 4.35. The van der Waals surface area contributed by atoms with Crippen LogP contribution < -0.4 is 5.32 Å². The second kappa shape index (κ2) is 8.95. The van der Waals surface area contributed by atoms with Gasteiger partial charge in [-0.3, -0.25) is 4.79 Å². The van der Waals surface area contributed by atoms with E-state index in [0.717, 1.165) is 34.0 Å². The van der Waals surface area contributed by atoms with Crippen LogP contribution in [0.3, 0.4) is 0 Å². The predicted molar refractivity (Wildman–Crippen MR) is 108 cm³/mol. The lowest BCUT2D eigenvalue weighted by Gasteiger charge is -2.17. The van der Waals surface area contributed by atoms with Gasteiger partial charge in [0.25, 0.3) is 0 Å². The standard InChI is InChI=1S/C21H22BrN3O2/c1-3-5-19(16-8-10-18(22)11-9-16)21(26)23-13-15-6-4-7-17(12-15)20-24-14(2)27-25-20/h4,6-12,19H,3,5,13H2,1-2H3,(H,23,26). The Hall–Kier alpha value is -2.47. The Morgan fingerprint density at radius 2 is 2.00 bits per heavy atom. The second-order valence-electron chi connectivity index (χ2n) is 6.45. The molecule has 3 rings (SSSR count). The number of nitrogens with one attached hydrogen (secondary N) is 1. The van der Waals surface area contributed by atoms with Gasteiger partial charge in [0.05, 0.1) is 5.92 Å². The van der Waals surface area contributed by atoms with Crippen molar-refractivity contribution >= 4 is 21.8 Å². The molecule has 6 heteroatoms. The van der Waals surface area contributed by atoms with E-state index in [2.05, 4.69) is 38.3 Å². The van der Waals surface area contributed by atoms with Crippen LogP contribution in [-0.4, -0.2) is 16.0 Å². The van der Waals surface area contributed by atoms with Crippen LogP contribution >= 0.6 is 15.9 Å². The summed E-state index contributed by atoms with van der Waals surface area (Å²) >= 11 is 3.44. The van der Waals surface area contributed by atoms with Gasteiger partial charge in [-0.1, -0.05) is 64.8 Å². The molecule has 0 aliphatic heterocycles. The van der Waals surface area contributed by atoms with Crippen molar-refractivity contribution in [3.05, 3.63) is 70.0 Å². The minimum Gasteiger partial charge on any atom is -0.351 e. The summed E-state index contributed by atoms with van der Waals surface area (Å²) in [7, 11) is 0. The highest BCUT2D eigenvalue weighted by atomic mass is 79.9. The van der Waals surface area contributed by atoms with E-state index in [9.17, 15) is 4.79 Å². The fraction of sp³-hybridized carbons (Fsp3) is 0.286. The molecule has 0 saturated carbocycles. The molecule has 0 bridgehead atoms. The number of hydrogen-bond acceptors (Lipinski definition) is 4. The van der Waals surface area contributed by atoms with Crippen molar-refractivity contribution in [1.82, 2.24) is 15.5 Å². The molecular formula is C21H22BrN3O2. The largest absolute Gasteiger partial charge is 0.351 e. The summed E-state index contributed by atoms with van der Waals surface area (Å²) in [5, 5.41) is 7.01. The molecule has 1 atom stereocenters. The monoisotopic (exact) mass is 427 g/mol. The van der Waals surface area contributed by atoms with Gasteiger partial charge in [-0.25, -0.2) is 0 Å². The third-order valence-corrected chi connectivity index (χ3v) is 4.87. The Morgan fingerprint density at radius 1 is 1.22 bits per heavy atom. The van der Waals surface area contributed by atoms with Crippen molar-refractivity contribution in [2.24, 2.45) is 0 Å². The Balaban J connectivity index is 1.69. The van der Waals surface area contributed by atoms with Gasteiger partial charge in [-0.05, 0) is 35.7 Å². The van der Waals surface area contributed by atoms with Gasteiger partial charge >= 0.3 is 0 Å².